The Hall–Kier alpha value is -3.15. The monoisotopic (exact) mass is 409 g/mol. The minimum absolute atomic E-state index is 0.0936. The lowest BCUT2D eigenvalue weighted by atomic mass is 9.94. The number of carbonyl (C=O) groups is 3. The number of fused-ring (bicyclic) bond motifs is 1. The van der Waals surface area contributed by atoms with Gasteiger partial charge >= 0.3 is 11.9 Å². The number of anilines is 1. The second-order valence-corrected chi connectivity index (χ2v) is 7.46. The van der Waals surface area contributed by atoms with E-state index in [0.29, 0.717) is 31.4 Å². The van der Waals surface area contributed by atoms with Gasteiger partial charge in [0.2, 0.25) is 5.91 Å². The minimum atomic E-state index is -1.02. The first-order chi connectivity index (χ1) is 14.5. The molecule has 1 unspecified atom stereocenters. The number of hydrogen-bond donors (Lipinski definition) is 1. The SMILES string of the molecule is CCOC(=O)[C@@H](CCC(=O)N1c2ccccc2CC1C(=O)O)CCc1ccccc1. The van der Waals surface area contributed by atoms with Gasteiger partial charge in [0.05, 0.1) is 12.5 Å². The molecular formula is C24H27NO5. The average molecular weight is 409 g/mol. The molecule has 0 saturated heterocycles. The Morgan fingerprint density at radius 3 is 2.47 bits per heavy atom. The predicted octanol–water partition coefficient (Wildman–Crippen LogP) is 3.62. The number of esters is 1. The lowest BCUT2D eigenvalue weighted by Gasteiger charge is -2.24. The van der Waals surface area contributed by atoms with Crippen molar-refractivity contribution < 1.29 is 24.2 Å². The van der Waals surface area contributed by atoms with Crippen molar-refractivity contribution in [3.63, 3.8) is 0 Å². The van der Waals surface area contributed by atoms with Crippen LogP contribution in [0.5, 0.6) is 0 Å². The predicted molar refractivity (Wildman–Crippen MR) is 113 cm³/mol. The molecule has 1 aliphatic heterocycles. The molecule has 30 heavy (non-hydrogen) atoms. The van der Waals surface area contributed by atoms with Crippen LogP contribution in [0, 0.1) is 5.92 Å². The molecule has 6 nitrogen and oxygen atoms in total. The van der Waals surface area contributed by atoms with Crippen molar-refractivity contribution in [1.29, 1.82) is 0 Å². The normalized spacial score (nSPS) is 16.0. The van der Waals surface area contributed by atoms with E-state index in [-0.39, 0.29) is 24.9 Å². The smallest absolute Gasteiger partial charge is 0.327 e. The molecule has 1 heterocycles. The summed E-state index contributed by atoms with van der Waals surface area (Å²) >= 11 is 0. The van der Waals surface area contributed by atoms with Gasteiger partial charge in [-0.2, -0.15) is 0 Å². The van der Waals surface area contributed by atoms with E-state index in [1.54, 1.807) is 19.1 Å². The largest absolute Gasteiger partial charge is 0.480 e. The Bertz CT molecular complexity index is 895. The molecule has 1 aliphatic rings. The second-order valence-electron chi connectivity index (χ2n) is 7.46. The number of rotatable bonds is 9. The number of aryl methyl sites for hydroxylation is 1. The van der Waals surface area contributed by atoms with Crippen LogP contribution < -0.4 is 4.90 Å². The first-order valence-corrected chi connectivity index (χ1v) is 10.3. The Kier molecular flexibility index (Phi) is 7.22. The molecule has 0 spiro atoms. The third-order valence-electron chi connectivity index (χ3n) is 5.48. The maximum atomic E-state index is 13.0. The van der Waals surface area contributed by atoms with E-state index < -0.39 is 17.9 Å². The highest BCUT2D eigenvalue weighted by atomic mass is 16.5. The summed E-state index contributed by atoms with van der Waals surface area (Å²) in [6, 6.07) is 16.2. The highest BCUT2D eigenvalue weighted by Crippen LogP contribution is 2.33. The zero-order valence-corrected chi connectivity index (χ0v) is 17.1. The quantitative estimate of drug-likeness (QED) is 0.640. The van der Waals surface area contributed by atoms with Gasteiger partial charge in [0.25, 0.3) is 0 Å². The van der Waals surface area contributed by atoms with Crippen molar-refractivity contribution in [2.45, 2.75) is 45.1 Å². The standard InChI is InChI=1S/C24H27NO5/c1-2-30-24(29)18(13-12-17-8-4-3-5-9-17)14-15-22(26)25-20-11-7-6-10-19(20)16-21(25)23(27)28/h3-11,18,21H,2,12-16H2,1H3,(H,27,28)/t18-,21?/m1/s1. The molecule has 3 rings (SSSR count). The van der Waals surface area contributed by atoms with E-state index in [2.05, 4.69) is 0 Å². The number of carboxylic acids is 1. The van der Waals surface area contributed by atoms with Crippen molar-refractivity contribution in [1.82, 2.24) is 0 Å². The van der Waals surface area contributed by atoms with E-state index in [9.17, 15) is 19.5 Å². The van der Waals surface area contributed by atoms with Crippen LogP contribution in [-0.2, 0) is 32.0 Å². The van der Waals surface area contributed by atoms with Crippen LogP contribution in [0.2, 0.25) is 0 Å². The van der Waals surface area contributed by atoms with Crippen LogP contribution in [0.1, 0.15) is 37.3 Å². The van der Waals surface area contributed by atoms with Gasteiger partial charge in [-0.25, -0.2) is 4.79 Å². The highest BCUT2D eigenvalue weighted by molar-refractivity contribution is 6.02. The molecule has 1 N–H and O–H groups in total. The van der Waals surface area contributed by atoms with E-state index in [4.69, 9.17) is 4.74 Å². The summed E-state index contributed by atoms with van der Waals surface area (Å²) in [6.07, 6.45) is 2.01. The summed E-state index contributed by atoms with van der Waals surface area (Å²) in [5.74, 6) is -2.01. The van der Waals surface area contributed by atoms with Gasteiger partial charge in [0, 0.05) is 18.5 Å². The Labute approximate surface area is 176 Å². The lowest BCUT2D eigenvalue weighted by molar-refractivity contribution is -0.148. The third-order valence-corrected chi connectivity index (χ3v) is 5.48. The van der Waals surface area contributed by atoms with Crippen LogP contribution in [0.3, 0.4) is 0 Å². The van der Waals surface area contributed by atoms with E-state index in [1.807, 2.05) is 42.5 Å². The van der Waals surface area contributed by atoms with E-state index in [0.717, 1.165) is 11.1 Å². The number of carboxylic acid groups (broad SMARTS) is 1. The van der Waals surface area contributed by atoms with Crippen molar-refractivity contribution >= 4 is 23.5 Å². The van der Waals surface area contributed by atoms with Gasteiger partial charge < -0.3 is 9.84 Å². The third kappa shape index (κ3) is 5.06. The zero-order chi connectivity index (χ0) is 21.5. The van der Waals surface area contributed by atoms with Gasteiger partial charge in [0.1, 0.15) is 6.04 Å². The fourth-order valence-corrected chi connectivity index (χ4v) is 3.94. The summed E-state index contributed by atoms with van der Waals surface area (Å²) in [5, 5.41) is 9.58. The number of carbonyl (C=O) groups excluding carboxylic acids is 2. The van der Waals surface area contributed by atoms with Crippen LogP contribution >= 0.6 is 0 Å². The van der Waals surface area contributed by atoms with Gasteiger partial charge in [-0.15, -0.1) is 0 Å². The number of para-hydroxylation sites is 1. The molecule has 2 aromatic rings. The van der Waals surface area contributed by atoms with Crippen molar-refractivity contribution in [2.75, 3.05) is 11.5 Å². The summed E-state index contributed by atoms with van der Waals surface area (Å²) in [4.78, 5) is 38.5. The lowest BCUT2D eigenvalue weighted by Crippen LogP contribution is -2.43. The van der Waals surface area contributed by atoms with Gasteiger partial charge in [-0.3, -0.25) is 14.5 Å². The molecule has 0 radical (unpaired) electrons. The summed E-state index contributed by atoms with van der Waals surface area (Å²) in [5.41, 5.74) is 2.62. The molecule has 0 saturated carbocycles. The van der Waals surface area contributed by atoms with Gasteiger partial charge in [-0.05, 0) is 43.4 Å². The molecule has 158 valence electrons. The molecule has 0 fully saturated rings. The van der Waals surface area contributed by atoms with Crippen molar-refractivity contribution in [2.24, 2.45) is 5.92 Å². The molecule has 1 amide bonds. The van der Waals surface area contributed by atoms with Gasteiger partial charge in [-0.1, -0.05) is 48.5 Å². The molecule has 0 aliphatic carbocycles. The minimum Gasteiger partial charge on any atom is -0.480 e. The second kappa shape index (κ2) is 10.1. The van der Waals surface area contributed by atoms with E-state index in [1.165, 1.54) is 4.90 Å². The maximum absolute atomic E-state index is 13.0. The molecule has 6 heteroatoms. The fourth-order valence-electron chi connectivity index (χ4n) is 3.94. The number of nitrogens with zero attached hydrogens (tertiary/aromatic N) is 1. The van der Waals surface area contributed by atoms with Crippen LogP contribution in [0.15, 0.2) is 54.6 Å². The van der Waals surface area contributed by atoms with Crippen molar-refractivity contribution in [3.05, 3.63) is 65.7 Å². The van der Waals surface area contributed by atoms with Crippen molar-refractivity contribution in [3.8, 4) is 0 Å². The molecule has 0 bridgehead atoms. The Morgan fingerprint density at radius 1 is 1.07 bits per heavy atom. The maximum Gasteiger partial charge on any atom is 0.327 e. The number of benzene rings is 2. The molecule has 0 aromatic heterocycles. The number of hydrogen-bond acceptors (Lipinski definition) is 4. The van der Waals surface area contributed by atoms with Crippen LogP contribution in [-0.4, -0.2) is 35.6 Å². The summed E-state index contributed by atoms with van der Waals surface area (Å²) < 4.78 is 5.21. The summed E-state index contributed by atoms with van der Waals surface area (Å²) in [6.45, 7) is 2.05. The zero-order valence-electron chi connectivity index (χ0n) is 17.1. The average Bonchev–Trinajstić information content (AvgIpc) is 3.14. The summed E-state index contributed by atoms with van der Waals surface area (Å²) in [7, 11) is 0. The van der Waals surface area contributed by atoms with Gasteiger partial charge in [0.15, 0.2) is 0 Å². The van der Waals surface area contributed by atoms with E-state index >= 15 is 0 Å². The van der Waals surface area contributed by atoms with Crippen LogP contribution in [0.25, 0.3) is 0 Å². The Morgan fingerprint density at radius 2 is 1.77 bits per heavy atom. The fraction of sp³-hybridized carbons (Fsp3) is 0.375. The number of ether oxygens (including phenoxy) is 1. The molecular weight excluding hydrogens is 382 g/mol. The topological polar surface area (TPSA) is 83.9 Å². The number of aliphatic carboxylic acids is 1. The Balaban J connectivity index is 1.68. The highest BCUT2D eigenvalue weighted by Gasteiger charge is 2.38. The van der Waals surface area contributed by atoms with Crippen LogP contribution in [0.4, 0.5) is 5.69 Å². The first kappa shape index (κ1) is 21.6. The molecule has 2 atom stereocenters. The first-order valence-electron chi connectivity index (χ1n) is 10.3. The molecule has 2 aromatic carbocycles. The number of amides is 1.